The van der Waals surface area contributed by atoms with Crippen LogP contribution in [0.1, 0.15) is 15.9 Å². The van der Waals surface area contributed by atoms with Crippen molar-refractivity contribution in [3.8, 4) is 17.2 Å². The van der Waals surface area contributed by atoms with Crippen LogP contribution in [0, 0.1) is 0 Å². The van der Waals surface area contributed by atoms with E-state index in [9.17, 15) is 9.90 Å². The highest BCUT2D eigenvalue weighted by Gasteiger charge is 2.10. The Balaban J connectivity index is 2.11. The van der Waals surface area contributed by atoms with E-state index >= 15 is 0 Å². The van der Waals surface area contributed by atoms with E-state index in [1.165, 1.54) is 20.4 Å². The molecule has 2 aromatic rings. The number of hydrazone groups is 1. The van der Waals surface area contributed by atoms with Gasteiger partial charge in [0.1, 0.15) is 0 Å². The molecular formula is C16H17N3O4. The van der Waals surface area contributed by atoms with E-state index < -0.39 is 0 Å². The number of hydrogen-bond acceptors (Lipinski definition) is 6. The molecule has 0 aromatic heterocycles. The molecule has 0 radical (unpaired) electrons. The van der Waals surface area contributed by atoms with Crippen LogP contribution in [0.3, 0.4) is 0 Å². The third-order valence-electron chi connectivity index (χ3n) is 3.05. The first-order valence-electron chi connectivity index (χ1n) is 6.69. The van der Waals surface area contributed by atoms with Gasteiger partial charge in [-0.05, 0) is 36.4 Å². The number of ether oxygens (including phenoxy) is 2. The first-order valence-corrected chi connectivity index (χ1v) is 6.69. The number of methoxy groups -OCH3 is 2. The molecule has 23 heavy (non-hydrogen) atoms. The lowest BCUT2D eigenvalue weighted by molar-refractivity contribution is 0.0955. The lowest BCUT2D eigenvalue weighted by atomic mass is 10.2. The zero-order valence-corrected chi connectivity index (χ0v) is 12.7. The SMILES string of the molecule is COc1cc(/C=N\NC(=O)c2ccc(N)cc2)cc(OC)c1O. The Bertz CT molecular complexity index is 702. The largest absolute Gasteiger partial charge is 0.502 e. The number of nitrogen functional groups attached to an aromatic ring is 1. The number of nitrogens with two attached hydrogens (primary N) is 1. The highest BCUT2D eigenvalue weighted by atomic mass is 16.5. The van der Waals surface area contributed by atoms with E-state index in [4.69, 9.17) is 15.2 Å². The minimum Gasteiger partial charge on any atom is -0.502 e. The summed E-state index contributed by atoms with van der Waals surface area (Å²) < 4.78 is 10.1. The Kier molecular flexibility index (Phi) is 5.03. The van der Waals surface area contributed by atoms with E-state index in [1.54, 1.807) is 36.4 Å². The molecule has 2 aromatic carbocycles. The van der Waals surface area contributed by atoms with E-state index in [0.29, 0.717) is 16.8 Å². The average molecular weight is 315 g/mol. The van der Waals surface area contributed by atoms with Gasteiger partial charge in [-0.15, -0.1) is 0 Å². The molecule has 2 rings (SSSR count). The van der Waals surface area contributed by atoms with E-state index in [2.05, 4.69) is 10.5 Å². The number of hydrogen-bond donors (Lipinski definition) is 3. The third kappa shape index (κ3) is 3.91. The molecule has 120 valence electrons. The topological polar surface area (TPSA) is 106 Å². The maximum atomic E-state index is 11.9. The Morgan fingerprint density at radius 3 is 2.26 bits per heavy atom. The predicted molar refractivity (Wildman–Crippen MR) is 87.1 cm³/mol. The summed E-state index contributed by atoms with van der Waals surface area (Å²) in [5.41, 5.74) is 9.58. The molecule has 0 saturated carbocycles. The molecule has 0 aliphatic carbocycles. The molecule has 0 atom stereocenters. The summed E-state index contributed by atoms with van der Waals surface area (Å²) in [6.07, 6.45) is 1.42. The number of amides is 1. The van der Waals surface area contributed by atoms with Gasteiger partial charge in [0.15, 0.2) is 11.5 Å². The molecule has 0 aliphatic rings. The van der Waals surface area contributed by atoms with Gasteiger partial charge in [-0.25, -0.2) is 5.43 Å². The number of carbonyl (C=O) groups is 1. The number of carbonyl (C=O) groups excluding carboxylic acids is 1. The number of benzene rings is 2. The third-order valence-corrected chi connectivity index (χ3v) is 3.05. The number of nitrogens with one attached hydrogen (secondary N) is 1. The molecule has 4 N–H and O–H groups in total. The fourth-order valence-corrected chi connectivity index (χ4v) is 1.85. The summed E-state index contributed by atoms with van der Waals surface area (Å²) in [4.78, 5) is 11.9. The zero-order valence-electron chi connectivity index (χ0n) is 12.7. The number of rotatable bonds is 5. The van der Waals surface area contributed by atoms with Gasteiger partial charge in [0.05, 0.1) is 20.4 Å². The van der Waals surface area contributed by atoms with Crippen molar-refractivity contribution in [1.29, 1.82) is 0 Å². The maximum Gasteiger partial charge on any atom is 0.271 e. The average Bonchev–Trinajstić information content (AvgIpc) is 2.56. The molecule has 0 spiro atoms. The van der Waals surface area contributed by atoms with Gasteiger partial charge in [-0.3, -0.25) is 4.79 Å². The molecule has 0 bridgehead atoms. The van der Waals surface area contributed by atoms with Crippen LogP contribution in [0.5, 0.6) is 17.2 Å². The Labute approximate surface area is 133 Å². The minimum absolute atomic E-state index is 0.0990. The van der Waals surface area contributed by atoms with Crippen LogP contribution < -0.4 is 20.6 Å². The smallest absolute Gasteiger partial charge is 0.271 e. The van der Waals surface area contributed by atoms with Crippen LogP contribution in [-0.2, 0) is 0 Å². The lowest BCUT2D eigenvalue weighted by Crippen LogP contribution is -2.17. The van der Waals surface area contributed by atoms with Crippen LogP contribution in [0.4, 0.5) is 5.69 Å². The molecule has 1 amide bonds. The zero-order chi connectivity index (χ0) is 16.8. The summed E-state index contributed by atoms with van der Waals surface area (Å²) in [6.45, 7) is 0. The molecule has 0 heterocycles. The summed E-state index contributed by atoms with van der Waals surface area (Å²) >= 11 is 0. The van der Waals surface area contributed by atoms with Crippen molar-refractivity contribution in [3.05, 3.63) is 47.5 Å². The Morgan fingerprint density at radius 1 is 1.17 bits per heavy atom. The highest BCUT2D eigenvalue weighted by molar-refractivity contribution is 5.95. The second-order valence-electron chi connectivity index (χ2n) is 4.60. The molecule has 0 aliphatic heterocycles. The number of anilines is 1. The fourth-order valence-electron chi connectivity index (χ4n) is 1.85. The number of phenols is 1. The summed E-state index contributed by atoms with van der Waals surface area (Å²) in [5.74, 6) is 0.0309. The van der Waals surface area contributed by atoms with Gasteiger partial charge in [0.2, 0.25) is 5.75 Å². The van der Waals surface area contributed by atoms with Crippen molar-refractivity contribution in [2.75, 3.05) is 20.0 Å². The number of nitrogens with zero attached hydrogens (tertiary/aromatic N) is 1. The molecule has 0 unspecified atom stereocenters. The first kappa shape index (κ1) is 16.2. The molecular weight excluding hydrogens is 298 g/mol. The fraction of sp³-hybridized carbons (Fsp3) is 0.125. The van der Waals surface area contributed by atoms with Crippen molar-refractivity contribution >= 4 is 17.8 Å². The van der Waals surface area contributed by atoms with Gasteiger partial charge < -0.3 is 20.3 Å². The predicted octanol–water partition coefficient (Wildman–Crippen LogP) is 1.76. The van der Waals surface area contributed by atoms with E-state index in [0.717, 1.165) is 0 Å². The lowest BCUT2D eigenvalue weighted by Gasteiger charge is -2.09. The molecule has 0 fully saturated rings. The normalized spacial score (nSPS) is 10.5. The molecule has 7 nitrogen and oxygen atoms in total. The van der Waals surface area contributed by atoms with Crippen molar-refractivity contribution in [3.63, 3.8) is 0 Å². The van der Waals surface area contributed by atoms with E-state index in [1.807, 2.05) is 0 Å². The minimum atomic E-state index is -0.362. The summed E-state index contributed by atoms with van der Waals surface area (Å²) in [7, 11) is 2.86. The van der Waals surface area contributed by atoms with Crippen molar-refractivity contribution in [2.45, 2.75) is 0 Å². The summed E-state index contributed by atoms with van der Waals surface area (Å²) in [5, 5.41) is 13.7. The second kappa shape index (κ2) is 7.17. The van der Waals surface area contributed by atoms with Gasteiger partial charge in [0, 0.05) is 16.8 Å². The van der Waals surface area contributed by atoms with Crippen LogP contribution >= 0.6 is 0 Å². The van der Waals surface area contributed by atoms with Gasteiger partial charge in [-0.2, -0.15) is 5.10 Å². The van der Waals surface area contributed by atoms with Crippen molar-refractivity contribution in [2.24, 2.45) is 5.10 Å². The van der Waals surface area contributed by atoms with Gasteiger partial charge in [-0.1, -0.05) is 0 Å². The quantitative estimate of drug-likeness (QED) is 0.443. The van der Waals surface area contributed by atoms with Gasteiger partial charge >= 0.3 is 0 Å². The molecule has 7 heteroatoms. The summed E-state index contributed by atoms with van der Waals surface area (Å²) in [6, 6.07) is 9.61. The van der Waals surface area contributed by atoms with E-state index in [-0.39, 0.29) is 23.2 Å². The standard InChI is InChI=1S/C16H17N3O4/c1-22-13-7-10(8-14(23-2)15(13)20)9-18-19-16(21)11-3-5-12(17)6-4-11/h3-9,20H,17H2,1-2H3,(H,19,21)/b18-9-. The molecule has 0 saturated heterocycles. The van der Waals surface area contributed by atoms with Crippen molar-refractivity contribution < 1.29 is 19.4 Å². The van der Waals surface area contributed by atoms with Crippen LogP contribution in [0.25, 0.3) is 0 Å². The Hall–Kier alpha value is -3.22. The first-order chi connectivity index (χ1) is 11.0. The van der Waals surface area contributed by atoms with Crippen LogP contribution in [0.15, 0.2) is 41.5 Å². The van der Waals surface area contributed by atoms with Gasteiger partial charge in [0.25, 0.3) is 5.91 Å². The Morgan fingerprint density at radius 2 is 1.74 bits per heavy atom. The van der Waals surface area contributed by atoms with Crippen LogP contribution in [-0.4, -0.2) is 31.4 Å². The second-order valence-corrected chi connectivity index (χ2v) is 4.60. The van der Waals surface area contributed by atoms with Crippen molar-refractivity contribution in [1.82, 2.24) is 5.43 Å². The number of phenolic OH excluding ortho intramolecular Hbond substituents is 1. The number of aromatic hydroxyl groups is 1. The van der Waals surface area contributed by atoms with Crippen LogP contribution in [0.2, 0.25) is 0 Å². The maximum absolute atomic E-state index is 11.9. The highest BCUT2D eigenvalue weighted by Crippen LogP contribution is 2.36. The monoisotopic (exact) mass is 315 g/mol.